The van der Waals surface area contributed by atoms with Crippen LogP contribution in [0.1, 0.15) is 5.56 Å². The minimum absolute atomic E-state index is 0.190. The molecule has 0 bridgehead atoms. The van der Waals surface area contributed by atoms with Crippen LogP contribution in [0, 0.1) is 10.1 Å². The van der Waals surface area contributed by atoms with E-state index >= 15 is 0 Å². The number of alkyl halides is 3. The number of nitro benzene ring substituents is 1. The molecule has 0 saturated heterocycles. The van der Waals surface area contributed by atoms with Crippen LogP contribution in [0.4, 0.5) is 24.5 Å². The maximum Gasteiger partial charge on any atom is 0.417 e. The average Bonchev–Trinajstić information content (AvgIpc) is 2.09. The second-order valence-electron chi connectivity index (χ2n) is 2.77. The molecule has 2 N–H and O–H groups in total. The molecule has 0 aliphatic heterocycles. The summed E-state index contributed by atoms with van der Waals surface area (Å²) >= 11 is 6.23. The summed E-state index contributed by atoms with van der Waals surface area (Å²) in [5.74, 6) is 0. The molecule has 0 aromatic heterocycles. The maximum atomic E-state index is 12.5. The van der Waals surface area contributed by atoms with Crippen LogP contribution < -0.4 is 5.73 Å². The molecule has 0 spiro atoms. The van der Waals surface area contributed by atoms with Gasteiger partial charge in [-0.3, -0.25) is 10.1 Å². The Labute approximate surface area is 101 Å². The van der Waals surface area contributed by atoms with E-state index in [1.54, 1.807) is 0 Å². The van der Waals surface area contributed by atoms with Gasteiger partial charge in [0.25, 0.3) is 0 Å². The van der Waals surface area contributed by atoms with Crippen molar-refractivity contribution in [1.29, 1.82) is 0 Å². The van der Waals surface area contributed by atoms with Crippen molar-refractivity contribution in [3.63, 3.8) is 0 Å². The van der Waals surface area contributed by atoms with Crippen molar-refractivity contribution in [2.75, 3.05) is 5.73 Å². The number of rotatable bonds is 1. The summed E-state index contributed by atoms with van der Waals surface area (Å²) < 4.78 is 37.2. The van der Waals surface area contributed by atoms with Gasteiger partial charge in [0.1, 0.15) is 5.69 Å². The largest absolute Gasteiger partial charge is 0.417 e. The zero-order valence-electron chi connectivity index (χ0n) is 7.38. The number of halogens is 4. The normalized spacial score (nSPS) is 11.6. The summed E-state index contributed by atoms with van der Waals surface area (Å²) in [6.45, 7) is 0. The van der Waals surface area contributed by atoms with Gasteiger partial charge >= 0.3 is 11.9 Å². The third kappa shape index (κ3) is 2.24. The Hall–Kier alpha value is -0.960. The van der Waals surface area contributed by atoms with Gasteiger partial charge in [0.05, 0.1) is 15.4 Å². The molecule has 0 aliphatic rings. The Bertz CT molecular complexity index is 464. The molecule has 9 heteroatoms. The molecule has 0 heterocycles. The van der Waals surface area contributed by atoms with Crippen molar-refractivity contribution >= 4 is 39.9 Å². The summed E-state index contributed by atoms with van der Waals surface area (Å²) in [7, 11) is 0. The van der Waals surface area contributed by atoms with E-state index in [1.807, 2.05) is 0 Å². The maximum absolute atomic E-state index is 12.5. The monoisotopic (exact) mass is 316 g/mol. The highest BCUT2D eigenvalue weighted by molar-refractivity contribution is 9.10. The number of nitro groups is 1. The first-order valence-corrected chi connectivity index (χ1v) is 4.92. The fourth-order valence-electron chi connectivity index (χ4n) is 1.04. The first-order valence-electron chi connectivity index (χ1n) is 3.68. The number of anilines is 1. The number of hydrogen-bond acceptors (Lipinski definition) is 4. The number of nitrogen functional groups attached to an aromatic ring is 1. The second kappa shape index (κ2) is 4.13. The van der Waals surface area contributed by atoms with Crippen LogP contribution in [-0.2, 0) is 6.18 Å². The lowest BCUT2D eigenvalue weighted by Crippen LogP contribution is -2.09. The molecule has 4 nitrogen and oxygen atoms in total. The van der Waals surface area contributed by atoms with Gasteiger partial charge in [-0.2, -0.15) is 13.2 Å². The molecule has 0 amide bonds. The molecule has 16 heavy (non-hydrogen) atoms. The van der Waals surface area contributed by atoms with Gasteiger partial charge in [-0.15, -0.1) is 12.6 Å². The number of hydrogen-bond donors (Lipinski definition) is 2. The van der Waals surface area contributed by atoms with Crippen LogP contribution in [0.15, 0.2) is 15.4 Å². The SMILES string of the molecule is Nc1c(Br)cc(C(F)(F)F)c(S)c1[N+](=O)[O-]. The van der Waals surface area contributed by atoms with Crippen LogP contribution in [0.25, 0.3) is 0 Å². The topological polar surface area (TPSA) is 69.2 Å². The van der Waals surface area contributed by atoms with Crippen LogP contribution in [0.2, 0.25) is 0 Å². The highest BCUT2D eigenvalue weighted by atomic mass is 79.9. The van der Waals surface area contributed by atoms with Crippen molar-refractivity contribution < 1.29 is 18.1 Å². The molecule has 88 valence electrons. The van der Waals surface area contributed by atoms with Crippen molar-refractivity contribution in [1.82, 2.24) is 0 Å². The lowest BCUT2D eigenvalue weighted by atomic mass is 10.1. The van der Waals surface area contributed by atoms with Crippen molar-refractivity contribution in [3.8, 4) is 0 Å². The molecule has 0 atom stereocenters. The number of nitrogens with zero attached hydrogens (tertiary/aromatic N) is 1. The third-order valence-corrected chi connectivity index (χ3v) is 2.86. The summed E-state index contributed by atoms with van der Waals surface area (Å²) in [5.41, 5.74) is 2.84. The molecule has 0 aliphatic carbocycles. The predicted octanol–water partition coefficient (Wildman–Crippen LogP) is 3.25. The van der Waals surface area contributed by atoms with Gasteiger partial charge in [-0.1, -0.05) is 0 Å². The lowest BCUT2D eigenvalue weighted by Gasteiger charge is -2.11. The fraction of sp³-hybridized carbons (Fsp3) is 0.143. The molecule has 0 radical (unpaired) electrons. The molecular weight excluding hydrogens is 313 g/mol. The van der Waals surface area contributed by atoms with Gasteiger partial charge in [-0.05, 0) is 22.0 Å². The van der Waals surface area contributed by atoms with Gasteiger partial charge < -0.3 is 5.73 Å². The van der Waals surface area contributed by atoms with Crippen LogP contribution >= 0.6 is 28.6 Å². The highest BCUT2D eigenvalue weighted by Gasteiger charge is 2.37. The highest BCUT2D eigenvalue weighted by Crippen LogP contribution is 2.44. The number of thiol groups is 1. The van der Waals surface area contributed by atoms with E-state index in [9.17, 15) is 23.3 Å². The van der Waals surface area contributed by atoms with Crippen molar-refractivity contribution in [2.24, 2.45) is 0 Å². The molecule has 0 unspecified atom stereocenters. The van der Waals surface area contributed by atoms with E-state index in [1.165, 1.54) is 0 Å². The lowest BCUT2D eigenvalue weighted by molar-refractivity contribution is -0.387. The van der Waals surface area contributed by atoms with Crippen molar-refractivity contribution in [3.05, 3.63) is 26.2 Å². The number of benzene rings is 1. The van der Waals surface area contributed by atoms with Crippen LogP contribution in [0.3, 0.4) is 0 Å². The van der Waals surface area contributed by atoms with Gasteiger partial charge in [0, 0.05) is 4.47 Å². The average molecular weight is 317 g/mol. The summed E-state index contributed by atoms with van der Waals surface area (Å²) in [4.78, 5) is 8.77. The zero-order chi connectivity index (χ0) is 12.7. The summed E-state index contributed by atoms with van der Waals surface area (Å²) in [5, 5.41) is 10.6. The quantitative estimate of drug-likeness (QED) is 0.361. The van der Waals surface area contributed by atoms with E-state index in [4.69, 9.17) is 5.73 Å². The first kappa shape index (κ1) is 13.1. The Morgan fingerprint density at radius 2 is 2.00 bits per heavy atom. The minimum Gasteiger partial charge on any atom is -0.392 e. The minimum atomic E-state index is -4.72. The Morgan fingerprint density at radius 3 is 2.38 bits per heavy atom. The fourth-order valence-corrected chi connectivity index (χ4v) is 1.85. The summed E-state index contributed by atoms with van der Waals surface area (Å²) in [6, 6.07) is 0.657. The van der Waals surface area contributed by atoms with Gasteiger partial charge in [-0.25, -0.2) is 0 Å². The van der Waals surface area contributed by atoms with E-state index in [0.717, 1.165) is 0 Å². The smallest absolute Gasteiger partial charge is 0.392 e. The van der Waals surface area contributed by atoms with Crippen LogP contribution in [0.5, 0.6) is 0 Å². The van der Waals surface area contributed by atoms with Crippen molar-refractivity contribution in [2.45, 2.75) is 11.1 Å². The van der Waals surface area contributed by atoms with E-state index in [2.05, 4.69) is 28.6 Å². The summed E-state index contributed by atoms with van der Waals surface area (Å²) in [6.07, 6.45) is -4.72. The Balaban J connectivity index is 3.64. The van der Waals surface area contributed by atoms with Gasteiger partial charge in [0.2, 0.25) is 0 Å². The zero-order valence-corrected chi connectivity index (χ0v) is 9.86. The predicted molar refractivity (Wildman–Crippen MR) is 57.5 cm³/mol. The van der Waals surface area contributed by atoms with E-state index in [0.29, 0.717) is 6.07 Å². The van der Waals surface area contributed by atoms with Crippen LogP contribution in [-0.4, -0.2) is 4.92 Å². The molecule has 0 fully saturated rings. The van der Waals surface area contributed by atoms with E-state index < -0.39 is 27.2 Å². The third-order valence-electron chi connectivity index (χ3n) is 1.75. The molecule has 1 aromatic carbocycles. The molecule has 0 saturated carbocycles. The molecule has 1 aromatic rings. The Kier molecular flexibility index (Phi) is 3.38. The Morgan fingerprint density at radius 1 is 1.50 bits per heavy atom. The first-order chi connectivity index (χ1) is 7.16. The second-order valence-corrected chi connectivity index (χ2v) is 4.07. The standard InChI is InChI=1S/C7H4BrF3N2O2S/c8-3-1-2(7(9,10)11)6(16)5(4(3)12)13(14)15/h1,16H,12H2. The molecular formula is C7H4BrF3N2O2S. The van der Waals surface area contributed by atoms with Gasteiger partial charge in [0.15, 0.2) is 0 Å². The number of nitrogens with two attached hydrogens (primary N) is 1. The van der Waals surface area contributed by atoms with E-state index in [-0.39, 0.29) is 10.2 Å². The molecule has 1 rings (SSSR count).